The van der Waals surface area contributed by atoms with Gasteiger partial charge in [0.1, 0.15) is 0 Å². The molecule has 0 aliphatic carbocycles. The van der Waals surface area contributed by atoms with Crippen LogP contribution in [0.15, 0.2) is 21.5 Å². The number of primary amides is 1. The third kappa shape index (κ3) is 2.64. The van der Waals surface area contributed by atoms with Gasteiger partial charge in [-0.15, -0.1) is 0 Å². The molecule has 0 bridgehead atoms. The Balaban J connectivity index is 3.39. The van der Waals surface area contributed by atoms with E-state index in [2.05, 4.69) is 15.9 Å². The number of sulfonamides is 1. The molecule has 16 heavy (non-hydrogen) atoms. The van der Waals surface area contributed by atoms with E-state index in [0.29, 0.717) is 15.7 Å². The van der Waals surface area contributed by atoms with Crippen LogP contribution in [0.1, 0.15) is 5.56 Å². The van der Waals surface area contributed by atoms with Gasteiger partial charge in [0, 0.05) is 10.2 Å². The predicted molar refractivity (Wildman–Crippen MR) is 63.2 cm³/mol. The van der Waals surface area contributed by atoms with Crippen LogP contribution in [0.2, 0.25) is 0 Å². The van der Waals surface area contributed by atoms with Crippen molar-refractivity contribution in [1.29, 1.82) is 0 Å². The zero-order valence-electron chi connectivity index (χ0n) is 8.32. The van der Waals surface area contributed by atoms with Gasteiger partial charge < -0.3 is 11.5 Å². The van der Waals surface area contributed by atoms with Crippen molar-refractivity contribution in [3.05, 3.63) is 22.2 Å². The van der Waals surface area contributed by atoms with Gasteiger partial charge in [-0.25, -0.2) is 17.9 Å². The summed E-state index contributed by atoms with van der Waals surface area (Å²) in [6, 6.07) is 1.77. The molecule has 0 saturated heterocycles. The molecule has 0 radical (unpaired) electrons. The number of urea groups is 1. The number of carbonyl (C=O) groups excluding carboxylic acids is 1. The fourth-order valence-corrected chi connectivity index (χ4v) is 2.95. The van der Waals surface area contributed by atoms with Gasteiger partial charge in [-0.3, -0.25) is 0 Å². The molecule has 8 heteroatoms. The molecular weight excluding hydrogens is 298 g/mol. The molecular formula is C8H10BrN3O3S. The molecule has 6 nitrogen and oxygen atoms in total. The lowest BCUT2D eigenvalue weighted by Crippen LogP contribution is -2.35. The lowest BCUT2D eigenvalue weighted by atomic mass is 10.2. The van der Waals surface area contributed by atoms with E-state index in [1.165, 1.54) is 13.0 Å². The third-order valence-electron chi connectivity index (χ3n) is 1.89. The van der Waals surface area contributed by atoms with E-state index in [4.69, 9.17) is 11.5 Å². The number of benzene rings is 1. The van der Waals surface area contributed by atoms with E-state index in [9.17, 15) is 13.2 Å². The average Bonchev–Trinajstić information content (AvgIpc) is 2.08. The van der Waals surface area contributed by atoms with Crippen LogP contribution >= 0.6 is 15.9 Å². The highest BCUT2D eigenvalue weighted by molar-refractivity contribution is 9.10. The molecule has 1 aromatic carbocycles. The smallest absolute Gasteiger partial charge is 0.326 e. The lowest BCUT2D eigenvalue weighted by Gasteiger charge is -2.10. The zero-order valence-corrected chi connectivity index (χ0v) is 10.7. The number of carbonyl (C=O) groups is 1. The third-order valence-corrected chi connectivity index (χ3v) is 3.82. The summed E-state index contributed by atoms with van der Waals surface area (Å²) < 4.78 is 25.5. The summed E-state index contributed by atoms with van der Waals surface area (Å²) >= 11 is 3.12. The molecule has 0 aliphatic rings. The fraction of sp³-hybridized carbons (Fsp3) is 0.125. The molecule has 88 valence electrons. The Kier molecular flexibility index (Phi) is 3.44. The summed E-state index contributed by atoms with van der Waals surface area (Å²) in [6.07, 6.45) is 0. The molecule has 0 atom stereocenters. The molecule has 0 heterocycles. The number of nitrogens with two attached hydrogens (primary N) is 2. The Labute approximate surface area is 101 Å². The van der Waals surface area contributed by atoms with Gasteiger partial charge in [-0.1, -0.05) is 15.9 Å². The second-order valence-electron chi connectivity index (χ2n) is 3.09. The van der Waals surface area contributed by atoms with E-state index in [-0.39, 0.29) is 4.90 Å². The Bertz CT molecular complexity index is 542. The van der Waals surface area contributed by atoms with Gasteiger partial charge in [0.05, 0.1) is 4.90 Å². The van der Waals surface area contributed by atoms with Crippen molar-refractivity contribution >= 4 is 37.7 Å². The first-order valence-electron chi connectivity index (χ1n) is 4.12. The normalized spacial score (nSPS) is 11.1. The van der Waals surface area contributed by atoms with E-state index in [1.54, 1.807) is 10.8 Å². The second kappa shape index (κ2) is 4.30. The van der Waals surface area contributed by atoms with E-state index >= 15 is 0 Å². The van der Waals surface area contributed by atoms with E-state index in [0.717, 1.165) is 0 Å². The first-order valence-corrected chi connectivity index (χ1v) is 6.39. The summed E-state index contributed by atoms with van der Waals surface area (Å²) in [4.78, 5) is 10.5. The fourth-order valence-electron chi connectivity index (χ4n) is 1.14. The lowest BCUT2D eigenvalue weighted by molar-refractivity contribution is 0.253. The van der Waals surface area contributed by atoms with E-state index in [1.807, 2.05) is 0 Å². The summed E-state index contributed by atoms with van der Waals surface area (Å²) in [6.45, 7) is 1.54. The van der Waals surface area contributed by atoms with Gasteiger partial charge in [-0.2, -0.15) is 0 Å². The number of anilines is 1. The minimum atomic E-state index is -3.97. The average molecular weight is 308 g/mol. The predicted octanol–water partition coefficient (Wildman–Crippen LogP) is 0.697. The molecule has 0 spiro atoms. The molecule has 2 amide bonds. The maximum Gasteiger partial charge on any atom is 0.326 e. The van der Waals surface area contributed by atoms with Crippen LogP contribution in [0.25, 0.3) is 0 Å². The zero-order chi connectivity index (χ0) is 12.5. The van der Waals surface area contributed by atoms with Crippen molar-refractivity contribution < 1.29 is 13.2 Å². The second-order valence-corrected chi connectivity index (χ2v) is 5.65. The van der Waals surface area contributed by atoms with Crippen molar-refractivity contribution in [3.8, 4) is 0 Å². The minimum Gasteiger partial charge on any atom is -0.398 e. The standard InChI is InChI=1S/C8H10BrN3O3S/c1-4-6(10)2-5(9)3-7(4)16(14,15)12-8(11)13/h2-3H,10H2,1H3,(H3,11,12,13). The van der Waals surface area contributed by atoms with E-state index < -0.39 is 16.1 Å². The van der Waals surface area contributed by atoms with Crippen molar-refractivity contribution in [2.75, 3.05) is 5.73 Å². The van der Waals surface area contributed by atoms with Crippen molar-refractivity contribution in [1.82, 2.24) is 4.72 Å². The summed E-state index contributed by atoms with van der Waals surface area (Å²) in [7, 11) is -3.97. The molecule has 0 fully saturated rings. The van der Waals surface area contributed by atoms with Gasteiger partial charge in [-0.05, 0) is 24.6 Å². The largest absolute Gasteiger partial charge is 0.398 e. The van der Waals surface area contributed by atoms with Crippen LogP contribution in [0.5, 0.6) is 0 Å². The van der Waals surface area contributed by atoms with Crippen molar-refractivity contribution in [2.45, 2.75) is 11.8 Å². The van der Waals surface area contributed by atoms with Crippen LogP contribution in [0, 0.1) is 6.92 Å². The minimum absolute atomic E-state index is 0.0850. The number of hydrogen-bond donors (Lipinski definition) is 3. The maximum absolute atomic E-state index is 11.7. The molecule has 0 unspecified atom stereocenters. The molecule has 0 saturated carbocycles. The number of halogens is 1. The summed E-state index contributed by atoms with van der Waals surface area (Å²) in [5.41, 5.74) is 11.0. The first-order chi connectivity index (χ1) is 7.24. The summed E-state index contributed by atoms with van der Waals surface area (Å²) in [5, 5.41) is 0. The van der Waals surface area contributed by atoms with Gasteiger partial charge in [0.25, 0.3) is 10.0 Å². The Morgan fingerprint density at radius 2 is 2.00 bits per heavy atom. The van der Waals surface area contributed by atoms with Crippen LogP contribution in [0.3, 0.4) is 0 Å². The van der Waals surface area contributed by atoms with Crippen LogP contribution in [0.4, 0.5) is 10.5 Å². The highest BCUT2D eigenvalue weighted by Crippen LogP contribution is 2.25. The van der Waals surface area contributed by atoms with Crippen LogP contribution in [-0.2, 0) is 10.0 Å². The topological polar surface area (TPSA) is 115 Å². The van der Waals surface area contributed by atoms with Crippen molar-refractivity contribution in [3.63, 3.8) is 0 Å². The first kappa shape index (κ1) is 12.8. The van der Waals surface area contributed by atoms with Crippen LogP contribution < -0.4 is 16.2 Å². The Morgan fingerprint density at radius 3 is 2.50 bits per heavy atom. The Morgan fingerprint density at radius 1 is 1.44 bits per heavy atom. The molecule has 1 rings (SSSR count). The Hall–Kier alpha value is -1.28. The summed E-state index contributed by atoms with van der Waals surface area (Å²) in [5.74, 6) is 0. The molecule has 0 aromatic heterocycles. The molecule has 1 aromatic rings. The monoisotopic (exact) mass is 307 g/mol. The van der Waals surface area contributed by atoms with Gasteiger partial charge in [0.2, 0.25) is 0 Å². The number of nitrogens with one attached hydrogen (secondary N) is 1. The van der Waals surface area contributed by atoms with Gasteiger partial charge >= 0.3 is 6.03 Å². The number of rotatable bonds is 2. The van der Waals surface area contributed by atoms with Gasteiger partial charge in [0.15, 0.2) is 0 Å². The number of nitrogen functional groups attached to an aromatic ring is 1. The highest BCUT2D eigenvalue weighted by Gasteiger charge is 2.20. The number of amides is 2. The van der Waals surface area contributed by atoms with Crippen LogP contribution in [-0.4, -0.2) is 14.4 Å². The number of hydrogen-bond acceptors (Lipinski definition) is 4. The highest BCUT2D eigenvalue weighted by atomic mass is 79.9. The van der Waals surface area contributed by atoms with Crippen molar-refractivity contribution in [2.24, 2.45) is 5.73 Å². The molecule has 5 N–H and O–H groups in total. The maximum atomic E-state index is 11.7. The quantitative estimate of drug-likeness (QED) is 0.697. The molecule has 0 aliphatic heterocycles. The SMILES string of the molecule is Cc1c(N)cc(Br)cc1S(=O)(=O)NC(N)=O.